The monoisotopic (exact) mass is 264 g/mol. The Morgan fingerprint density at radius 3 is 2.78 bits per heavy atom. The zero-order valence-corrected chi connectivity index (χ0v) is 9.61. The van der Waals surface area contributed by atoms with Crippen LogP contribution in [0, 0.1) is 17.1 Å². The third-order valence-corrected chi connectivity index (χ3v) is 2.22. The first kappa shape index (κ1) is 12.0. The van der Waals surface area contributed by atoms with E-state index in [1.807, 2.05) is 0 Å². The minimum atomic E-state index is -0.532. The second kappa shape index (κ2) is 4.81. The summed E-state index contributed by atoms with van der Waals surface area (Å²) in [7, 11) is 0. The van der Waals surface area contributed by atoms with Gasteiger partial charge in [-0.2, -0.15) is 20.2 Å². The fourth-order valence-corrected chi connectivity index (χ4v) is 1.38. The van der Waals surface area contributed by atoms with E-state index in [4.69, 9.17) is 22.6 Å². The van der Waals surface area contributed by atoms with Gasteiger partial charge in [-0.15, -0.1) is 0 Å². The van der Waals surface area contributed by atoms with E-state index in [2.05, 4.69) is 20.3 Å². The molecule has 0 aliphatic heterocycles. The van der Waals surface area contributed by atoms with Crippen LogP contribution >= 0.6 is 11.6 Å². The van der Waals surface area contributed by atoms with Gasteiger partial charge < -0.3 is 11.1 Å². The number of halogens is 2. The van der Waals surface area contributed by atoms with Crippen molar-refractivity contribution in [2.45, 2.75) is 0 Å². The van der Waals surface area contributed by atoms with Gasteiger partial charge in [0, 0.05) is 5.69 Å². The van der Waals surface area contributed by atoms with Crippen LogP contribution in [0.25, 0.3) is 0 Å². The fourth-order valence-electron chi connectivity index (χ4n) is 1.20. The summed E-state index contributed by atoms with van der Waals surface area (Å²) in [6, 6.07) is 5.76. The Kier molecular flexibility index (Phi) is 3.21. The molecule has 0 atom stereocenters. The van der Waals surface area contributed by atoms with Crippen molar-refractivity contribution >= 4 is 29.2 Å². The predicted octanol–water partition coefficient (Wildman–Crippen LogP) is 1.86. The number of nitrogens with zero attached hydrogens (tertiary/aromatic N) is 4. The number of nitrogens with two attached hydrogens (primary N) is 1. The summed E-state index contributed by atoms with van der Waals surface area (Å²) in [5, 5.41) is 11.4. The molecule has 0 aliphatic rings. The number of benzene rings is 1. The maximum absolute atomic E-state index is 13.0. The van der Waals surface area contributed by atoms with E-state index >= 15 is 0 Å². The van der Waals surface area contributed by atoms with Gasteiger partial charge in [0.05, 0.1) is 5.02 Å². The van der Waals surface area contributed by atoms with Crippen LogP contribution in [0.4, 0.5) is 22.0 Å². The zero-order valence-electron chi connectivity index (χ0n) is 8.85. The highest BCUT2D eigenvalue weighted by molar-refractivity contribution is 6.31. The van der Waals surface area contributed by atoms with Crippen molar-refractivity contribution in [1.29, 1.82) is 5.26 Å². The number of nitrogens with one attached hydrogen (secondary N) is 1. The lowest BCUT2D eigenvalue weighted by Crippen LogP contribution is -2.05. The van der Waals surface area contributed by atoms with Crippen molar-refractivity contribution in [2.75, 3.05) is 11.1 Å². The van der Waals surface area contributed by atoms with Crippen LogP contribution in [-0.2, 0) is 0 Å². The van der Waals surface area contributed by atoms with Crippen molar-refractivity contribution < 1.29 is 4.39 Å². The average Bonchev–Trinajstić information content (AvgIpc) is 2.33. The van der Waals surface area contributed by atoms with E-state index in [0.717, 1.165) is 0 Å². The minimum absolute atomic E-state index is 0.0393. The van der Waals surface area contributed by atoms with Gasteiger partial charge in [0.25, 0.3) is 0 Å². The SMILES string of the molecule is N#Cc1nc(N)nc(Nc2ccc(F)c(Cl)c2)n1. The van der Waals surface area contributed by atoms with E-state index in [-0.39, 0.29) is 22.7 Å². The highest BCUT2D eigenvalue weighted by Crippen LogP contribution is 2.21. The fraction of sp³-hybridized carbons (Fsp3) is 0. The Morgan fingerprint density at radius 2 is 2.11 bits per heavy atom. The number of rotatable bonds is 2. The Bertz CT molecular complexity index is 639. The van der Waals surface area contributed by atoms with Crippen LogP contribution in [0.3, 0.4) is 0 Å². The highest BCUT2D eigenvalue weighted by atomic mass is 35.5. The Morgan fingerprint density at radius 1 is 1.33 bits per heavy atom. The smallest absolute Gasteiger partial charge is 0.238 e. The molecule has 6 nitrogen and oxygen atoms in total. The standard InChI is InChI=1S/C10H6ClFN6/c11-6-3-5(1-2-7(6)12)15-10-17-8(4-13)16-9(14)18-10/h1-3H,(H3,14,15,16,17,18). The lowest BCUT2D eigenvalue weighted by atomic mass is 10.3. The summed E-state index contributed by atoms with van der Waals surface area (Å²) in [5.41, 5.74) is 5.87. The summed E-state index contributed by atoms with van der Waals surface area (Å²) >= 11 is 5.62. The number of aromatic nitrogens is 3. The van der Waals surface area contributed by atoms with Crippen LogP contribution in [0.2, 0.25) is 5.02 Å². The molecule has 0 spiro atoms. The second-order valence-corrected chi connectivity index (χ2v) is 3.61. The molecule has 0 saturated carbocycles. The second-order valence-electron chi connectivity index (χ2n) is 3.21. The molecule has 1 aromatic carbocycles. The van der Waals surface area contributed by atoms with Crippen molar-refractivity contribution in [2.24, 2.45) is 0 Å². The molecule has 0 fully saturated rings. The maximum atomic E-state index is 13.0. The molecule has 18 heavy (non-hydrogen) atoms. The molecule has 90 valence electrons. The maximum Gasteiger partial charge on any atom is 0.238 e. The average molecular weight is 265 g/mol. The minimum Gasteiger partial charge on any atom is -0.368 e. The van der Waals surface area contributed by atoms with E-state index in [1.165, 1.54) is 18.2 Å². The highest BCUT2D eigenvalue weighted by Gasteiger charge is 2.06. The van der Waals surface area contributed by atoms with Gasteiger partial charge >= 0.3 is 0 Å². The summed E-state index contributed by atoms with van der Waals surface area (Å²) in [5.74, 6) is -0.646. The van der Waals surface area contributed by atoms with Crippen molar-refractivity contribution in [3.8, 4) is 6.07 Å². The third-order valence-electron chi connectivity index (χ3n) is 1.93. The van der Waals surface area contributed by atoms with Gasteiger partial charge in [-0.3, -0.25) is 0 Å². The molecule has 0 unspecified atom stereocenters. The van der Waals surface area contributed by atoms with Crippen LogP contribution < -0.4 is 11.1 Å². The van der Waals surface area contributed by atoms with Gasteiger partial charge in [-0.1, -0.05) is 11.6 Å². The largest absolute Gasteiger partial charge is 0.368 e. The van der Waals surface area contributed by atoms with Gasteiger partial charge in [0.1, 0.15) is 11.9 Å². The molecule has 0 radical (unpaired) electrons. The van der Waals surface area contributed by atoms with E-state index in [9.17, 15) is 4.39 Å². The molecule has 0 aliphatic carbocycles. The third kappa shape index (κ3) is 2.61. The van der Waals surface area contributed by atoms with Gasteiger partial charge in [-0.05, 0) is 18.2 Å². The van der Waals surface area contributed by atoms with E-state index in [0.29, 0.717) is 5.69 Å². The first-order valence-corrected chi connectivity index (χ1v) is 5.10. The first-order chi connectivity index (χ1) is 8.58. The van der Waals surface area contributed by atoms with Gasteiger partial charge in [0.15, 0.2) is 0 Å². The molecule has 0 amide bonds. The predicted molar refractivity (Wildman–Crippen MR) is 63.6 cm³/mol. The van der Waals surface area contributed by atoms with E-state index < -0.39 is 5.82 Å². The van der Waals surface area contributed by atoms with Crippen molar-refractivity contribution in [3.05, 3.63) is 34.9 Å². The zero-order chi connectivity index (χ0) is 13.1. The quantitative estimate of drug-likeness (QED) is 0.859. The number of hydrogen-bond acceptors (Lipinski definition) is 6. The van der Waals surface area contributed by atoms with Crippen LogP contribution in [-0.4, -0.2) is 15.0 Å². The molecular weight excluding hydrogens is 259 g/mol. The van der Waals surface area contributed by atoms with Gasteiger partial charge in [0.2, 0.25) is 17.7 Å². The topological polar surface area (TPSA) is 101 Å². The molecule has 2 rings (SSSR count). The Labute approximate surface area is 106 Å². The lowest BCUT2D eigenvalue weighted by Gasteiger charge is -2.05. The number of anilines is 3. The Balaban J connectivity index is 2.31. The number of nitriles is 1. The molecular formula is C10H6ClFN6. The number of hydrogen-bond donors (Lipinski definition) is 2. The first-order valence-electron chi connectivity index (χ1n) is 4.72. The molecule has 2 aromatic rings. The number of nitrogen functional groups attached to an aromatic ring is 1. The summed E-state index contributed by atoms with van der Waals surface area (Å²) in [6.07, 6.45) is 0. The molecule has 1 heterocycles. The summed E-state index contributed by atoms with van der Waals surface area (Å²) in [6.45, 7) is 0. The van der Waals surface area contributed by atoms with Crippen molar-refractivity contribution in [1.82, 2.24) is 15.0 Å². The van der Waals surface area contributed by atoms with Crippen molar-refractivity contribution in [3.63, 3.8) is 0 Å². The molecule has 0 bridgehead atoms. The van der Waals surface area contributed by atoms with Crippen LogP contribution in [0.5, 0.6) is 0 Å². The summed E-state index contributed by atoms with van der Waals surface area (Å²) < 4.78 is 13.0. The molecule has 3 N–H and O–H groups in total. The van der Waals surface area contributed by atoms with Gasteiger partial charge in [-0.25, -0.2) is 4.39 Å². The Hall–Kier alpha value is -2.46. The van der Waals surface area contributed by atoms with Crippen LogP contribution in [0.15, 0.2) is 18.2 Å². The van der Waals surface area contributed by atoms with Crippen LogP contribution in [0.1, 0.15) is 5.82 Å². The summed E-state index contributed by atoms with van der Waals surface area (Å²) in [4.78, 5) is 11.2. The molecule has 8 heteroatoms. The molecule has 0 saturated heterocycles. The normalized spacial score (nSPS) is 9.83. The molecule has 1 aromatic heterocycles. The lowest BCUT2D eigenvalue weighted by molar-refractivity contribution is 0.628. The van der Waals surface area contributed by atoms with E-state index in [1.54, 1.807) is 6.07 Å².